The molecule has 1 heterocycles. The summed E-state index contributed by atoms with van der Waals surface area (Å²) in [6.07, 6.45) is 2.47. The van der Waals surface area contributed by atoms with Crippen molar-refractivity contribution < 1.29 is 4.79 Å². The molecule has 6 rings (SSSR count). The van der Waals surface area contributed by atoms with Crippen LogP contribution in [-0.2, 0) is 16.9 Å². The number of hydrogen-bond donors (Lipinski definition) is 1. The van der Waals surface area contributed by atoms with Gasteiger partial charge in [0.25, 0.3) is 0 Å². The molecule has 1 aromatic heterocycles. The maximum Gasteiger partial charge on any atom is 0.220 e. The van der Waals surface area contributed by atoms with Crippen molar-refractivity contribution in [3.63, 3.8) is 0 Å². The molecule has 0 aliphatic rings. The van der Waals surface area contributed by atoms with Crippen LogP contribution >= 0.6 is 0 Å². The Kier molecular flexibility index (Phi) is 8.69. The van der Waals surface area contributed by atoms with Crippen molar-refractivity contribution in [2.45, 2.75) is 38.3 Å². The van der Waals surface area contributed by atoms with Gasteiger partial charge in [0.05, 0.1) is 0 Å². The third-order valence-corrected chi connectivity index (χ3v) is 8.04. The fourth-order valence-corrected chi connectivity index (χ4v) is 5.84. The van der Waals surface area contributed by atoms with Crippen molar-refractivity contribution in [2.75, 3.05) is 0 Å². The molecule has 0 saturated heterocycles. The quantitative estimate of drug-likeness (QED) is 0.161. The minimum atomic E-state index is -0.838. The van der Waals surface area contributed by atoms with Crippen LogP contribution in [0.2, 0.25) is 0 Å². The SMILES string of the molecule is CCCCC(=O)NCc1ccc(-c2ccccc2-c2nnnn2C(c2ccccc2)(c2ccccc2)c2ccccc2)cc1. The van der Waals surface area contributed by atoms with E-state index in [2.05, 4.69) is 132 Å². The fraction of sp³-hybridized carbons (Fsp3) is 0.158. The average molecular weight is 578 g/mol. The topological polar surface area (TPSA) is 72.7 Å². The van der Waals surface area contributed by atoms with Gasteiger partial charge in [-0.05, 0) is 50.2 Å². The van der Waals surface area contributed by atoms with Gasteiger partial charge < -0.3 is 5.32 Å². The van der Waals surface area contributed by atoms with E-state index in [1.807, 2.05) is 35.0 Å². The summed E-state index contributed by atoms with van der Waals surface area (Å²) in [4.78, 5) is 12.1. The van der Waals surface area contributed by atoms with Crippen LogP contribution in [0, 0.1) is 0 Å². The second-order valence-electron chi connectivity index (χ2n) is 10.8. The lowest BCUT2D eigenvalue weighted by Crippen LogP contribution is -2.39. The molecule has 0 bridgehead atoms. The van der Waals surface area contributed by atoms with Gasteiger partial charge in [-0.1, -0.05) is 153 Å². The number of hydrogen-bond acceptors (Lipinski definition) is 4. The molecule has 0 saturated carbocycles. The maximum absolute atomic E-state index is 12.1. The summed E-state index contributed by atoms with van der Waals surface area (Å²) in [6.45, 7) is 2.60. The van der Waals surface area contributed by atoms with Crippen LogP contribution in [-0.4, -0.2) is 26.1 Å². The first-order valence-corrected chi connectivity index (χ1v) is 15.1. The van der Waals surface area contributed by atoms with Gasteiger partial charge in [-0.2, -0.15) is 0 Å². The van der Waals surface area contributed by atoms with Crippen LogP contribution in [0.1, 0.15) is 48.4 Å². The molecule has 218 valence electrons. The molecule has 0 unspecified atom stereocenters. The van der Waals surface area contributed by atoms with E-state index in [1.165, 1.54) is 0 Å². The molecule has 44 heavy (non-hydrogen) atoms. The van der Waals surface area contributed by atoms with E-state index in [0.717, 1.165) is 51.8 Å². The molecule has 6 aromatic rings. The number of tetrazole rings is 1. The number of benzene rings is 5. The maximum atomic E-state index is 12.1. The summed E-state index contributed by atoms with van der Waals surface area (Å²) < 4.78 is 1.96. The van der Waals surface area contributed by atoms with Gasteiger partial charge in [-0.3, -0.25) is 4.79 Å². The highest BCUT2D eigenvalue weighted by Gasteiger charge is 2.42. The molecular formula is C38H35N5O. The van der Waals surface area contributed by atoms with E-state index < -0.39 is 5.54 Å². The van der Waals surface area contributed by atoms with E-state index in [0.29, 0.717) is 18.8 Å². The minimum Gasteiger partial charge on any atom is -0.352 e. The largest absolute Gasteiger partial charge is 0.352 e. The molecule has 1 N–H and O–H groups in total. The predicted octanol–water partition coefficient (Wildman–Crippen LogP) is 7.65. The molecule has 0 radical (unpaired) electrons. The Balaban J connectivity index is 1.47. The number of nitrogens with zero attached hydrogens (tertiary/aromatic N) is 4. The van der Waals surface area contributed by atoms with Gasteiger partial charge in [0, 0.05) is 18.5 Å². The Hall–Kier alpha value is -5.36. The van der Waals surface area contributed by atoms with Gasteiger partial charge >= 0.3 is 0 Å². The van der Waals surface area contributed by atoms with Gasteiger partial charge in [0.2, 0.25) is 5.91 Å². The van der Waals surface area contributed by atoms with Crippen molar-refractivity contribution in [1.82, 2.24) is 25.5 Å². The summed E-state index contributed by atoms with van der Waals surface area (Å²) >= 11 is 0. The number of unbranched alkanes of at least 4 members (excludes halogenated alkanes) is 1. The van der Waals surface area contributed by atoms with Crippen LogP contribution in [0.4, 0.5) is 0 Å². The number of rotatable bonds is 11. The third kappa shape index (κ3) is 5.66. The van der Waals surface area contributed by atoms with Gasteiger partial charge in [-0.15, -0.1) is 5.10 Å². The highest BCUT2D eigenvalue weighted by Crippen LogP contribution is 2.43. The molecule has 0 aliphatic heterocycles. The second kappa shape index (κ2) is 13.3. The first kappa shape index (κ1) is 28.7. The fourth-order valence-electron chi connectivity index (χ4n) is 5.84. The van der Waals surface area contributed by atoms with E-state index in [4.69, 9.17) is 5.21 Å². The molecule has 6 nitrogen and oxygen atoms in total. The Morgan fingerprint density at radius 2 is 1.20 bits per heavy atom. The molecular weight excluding hydrogens is 542 g/mol. The van der Waals surface area contributed by atoms with Gasteiger partial charge in [0.1, 0.15) is 5.54 Å². The highest BCUT2D eigenvalue weighted by atomic mass is 16.1. The molecule has 0 spiro atoms. The van der Waals surface area contributed by atoms with Crippen molar-refractivity contribution in [1.29, 1.82) is 0 Å². The smallest absolute Gasteiger partial charge is 0.220 e. The van der Waals surface area contributed by atoms with Crippen molar-refractivity contribution >= 4 is 5.91 Å². The number of carbonyl (C=O) groups is 1. The van der Waals surface area contributed by atoms with Crippen molar-refractivity contribution in [2.24, 2.45) is 0 Å². The van der Waals surface area contributed by atoms with Gasteiger partial charge in [-0.25, -0.2) is 4.68 Å². The van der Waals surface area contributed by atoms with E-state index in [1.54, 1.807) is 0 Å². The van der Waals surface area contributed by atoms with Crippen LogP contribution in [0.3, 0.4) is 0 Å². The van der Waals surface area contributed by atoms with E-state index in [-0.39, 0.29) is 5.91 Å². The number of aromatic nitrogens is 4. The Morgan fingerprint density at radius 3 is 1.75 bits per heavy atom. The number of carbonyl (C=O) groups excluding carboxylic acids is 1. The van der Waals surface area contributed by atoms with Crippen LogP contribution in [0.25, 0.3) is 22.5 Å². The number of nitrogens with one attached hydrogen (secondary N) is 1. The molecule has 1 amide bonds. The number of amides is 1. The Labute approximate surface area is 258 Å². The monoisotopic (exact) mass is 577 g/mol. The lowest BCUT2D eigenvalue weighted by molar-refractivity contribution is -0.121. The average Bonchev–Trinajstić information content (AvgIpc) is 3.58. The third-order valence-electron chi connectivity index (χ3n) is 8.04. The van der Waals surface area contributed by atoms with E-state index in [9.17, 15) is 4.79 Å². The lowest BCUT2D eigenvalue weighted by Gasteiger charge is -2.36. The second-order valence-corrected chi connectivity index (χ2v) is 10.8. The van der Waals surface area contributed by atoms with Gasteiger partial charge in [0.15, 0.2) is 5.82 Å². The zero-order valence-electron chi connectivity index (χ0n) is 24.8. The van der Waals surface area contributed by atoms with Crippen LogP contribution < -0.4 is 5.32 Å². The first-order chi connectivity index (χ1) is 21.7. The molecule has 5 aromatic carbocycles. The molecule has 0 aliphatic carbocycles. The normalized spacial score (nSPS) is 11.3. The van der Waals surface area contributed by atoms with Crippen LogP contribution in [0.15, 0.2) is 140 Å². The van der Waals surface area contributed by atoms with E-state index >= 15 is 0 Å². The Bertz CT molecular complexity index is 1700. The first-order valence-electron chi connectivity index (χ1n) is 15.1. The molecule has 0 fully saturated rings. The summed E-state index contributed by atoms with van der Waals surface area (Å²) in [5, 5.41) is 16.7. The Morgan fingerprint density at radius 1 is 0.682 bits per heavy atom. The standard InChI is InChI=1S/C38H35N5O/c1-2-3-23-36(44)39-28-29-24-26-30(27-25-29)34-21-13-14-22-35(34)37-40-41-42-43(37)38(31-15-7-4-8-16-31,32-17-9-5-10-18-32)33-19-11-6-12-20-33/h4-22,24-27H,2-3,23,28H2,1H3,(H,39,44). The summed E-state index contributed by atoms with van der Waals surface area (Å²) in [6, 6.07) is 47.8. The predicted molar refractivity (Wildman–Crippen MR) is 175 cm³/mol. The summed E-state index contributed by atoms with van der Waals surface area (Å²) in [7, 11) is 0. The molecule has 0 atom stereocenters. The van der Waals surface area contributed by atoms with Crippen molar-refractivity contribution in [3.8, 4) is 22.5 Å². The minimum absolute atomic E-state index is 0.0897. The van der Waals surface area contributed by atoms with Crippen molar-refractivity contribution in [3.05, 3.63) is 162 Å². The highest BCUT2D eigenvalue weighted by molar-refractivity contribution is 5.81. The summed E-state index contributed by atoms with van der Waals surface area (Å²) in [5.41, 5.74) is 6.35. The zero-order valence-corrected chi connectivity index (χ0v) is 24.8. The van der Waals surface area contributed by atoms with Crippen LogP contribution in [0.5, 0.6) is 0 Å². The lowest BCUT2D eigenvalue weighted by atomic mass is 9.77. The summed E-state index contributed by atoms with van der Waals surface area (Å²) in [5.74, 6) is 0.747. The molecule has 6 heteroatoms. The zero-order chi connectivity index (χ0) is 30.2.